The third-order valence-electron chi connectivity index (χ3n) is 5.18. The molecule has 0 radical (unpaired) electrons. The number of likely N-dealkylation sites (N-methyl/N-ethyl adjacent to an activating group) is 1. The van der Waals surface area contributed by atoms with Crippen molar-refractivity contribution < 1.29 is 14.3 Å². The summed E-state index contributed by atoms with van der Waals surface area (Å²) in [6.07, 6.45) is 0.635. The number of carbonyl (C=O) groups excluding carboxylic acids is 2. The molecule has 1 aliphatic heterocycles. The van der Waals surface area contributed by atoms with Crippen molar-refractivity contribution in [3.8, 4) is 16.9 Å². The van der Waals surface area contributed by atoms with Crippen molar-refractivity contribution in [2.45, 2.75) is 13.3 Å². The fraction of sp³-hybridized carbons (Fsp3) is 0.364. The van der Waals surface area contributed by atoms with Crippen LogP contribution in [-0.4, -0.2) is 55.4 Å². The lowest BCUT2D eigenvalue weighted by molar-refractivity contribution is -0.133. The molecule has 3 rings (SSSR count). The number of hydrogen-bond acceptors (Lipinski definition) is 3. The molecule has 5 nitrogen and oxygen atoms in total. The third kappa shape index (κ3) is 4.48. The summed E-state index contributed by atoms with van der Waals surface area (Å²) in [7, 11) is 3.47. The molecule has 1 atom stereocenters. The lowest BCUT2D eigenvalue weighted by Crippen LogP contribution is -2.36. The first kappa shape index (κ1) is 19.0. The Morgan fingerprint density at radius 1 is 1.04 bits per heavy atom. The SMILES string of the molecule is COc1ccc(-c2ccc(CC3CN(C(C)=O)CCN(C)C3=O)cc2)cc1. The quantitative estimate of drug-likeness (QED) is 0.836. The molecule has 0 aliphatic carbocycles. The first-order valence-electron chi connectivity index (χ1n) is 9.22. The second-order valence-corrected chi connectivity index (χ2v) is 7.05. The minimum atomic E-state index is -0.201. The van der Waals surface area contributed by atoms with Gasteiger partial charge in [-0.1, -0.05) is 36.4 Å². The van der Waals surface area contributed by atoms with Crippen LogP contribution < -0.4 is 4.74 Å². The predicted molar refractivity (Wildman–Crippen MR) is 106 cm³/mol. The lowest BCUT2D eigenvalue weighted by Gasteiger charge is -2.22. The number of carbonyl (C=O) groups is 2. The van der Waals surface area contributed by atoms with Gasteiger partial charge in [-0.15, -0.1) is 0 Å². The summed E-state index contributed by atoms with van der Waals surface area (Å²) in [5, 5.41) is 0. The molecule has 0 spiro atoms. The van der Waals surface area contributed by atoms with Crippen molar-refractivity contribution in [1.82, 2.24) is 9.80 Å². The Balaban J connectivity index is 1.74. The van der Waals surface area contributed by atoms with E-state index in [1.165, 1.54) is 0 Å². The van der Waals surface area contributed by atoms with Gasteiger partial charge >= 0.3 is 0 Å². The highest BCUT2D eigenvalue weighted by atomic mass is 16.5. The smallest absolute Gasteiger partial charge is 0.227 e. The maximum absolute atomic E-state index is 12.6. The molecular weight excluding hydrogens is 340 g/mol. The Morgan fingerprint density at radius 2 is 1.63 bits per heavy atom. The molecule has 1 fully saturated rings. The average Bonchev–Trinajstić information content (AvgIpc) is 2.82. The maximum atomic E-state index is 12.6. The first-order chi connectivity index (χ1) is 13.0. The molecule has 27 heavy (non-hydrogen) atoms. The summed E-state index contributed by atoms with van der Waals surface area (Å²) < 4.78 is 5.20. The number of nitrogens with zero attached hydrogens (tertiary/aromatic N) is 2. The van der Waals surface area contributed by atoms with Gasteiger partial charge in [0.1, 0.15) is 5.75 Å². The summed E-state index contributed by atoms with van der Waals surface area (Å²) in [5.74, 6) is 0.769. The third-order valence-corrected chi connectivity index (χ3v) is 5.18. The van der Waals surface area contributed by atoms with Crippen LogP contribution in [0.3, 0.4) is 0 Å². The fourth-order valence-electron chi connectivity index (χ4n) is 3.47. The molecule has 1 unspecified atom stereocenters. The Bertz CT molecular complexity index is 799. The van der Waals surface area contributed by atoms with E-state index in [-0.39, 0.29) is 17.7 Å². The van der Waals surface area contributed by atoms with Gasteiger partial charge in [0.25, 0.3) is 0 Å². The van der Waals surface area contributed by atoms with Gasteiger partial charge in [-0.25, -0.2) is 0 Å². The highest BCUT2D eigenvalue weighted by Crippen LogP contribution is 2.24. The Hall–Kier alpha value is -2.82. The van der Waals surface area contributed by atoms with Crippen LogP contribution in [-0.2, 0) is 16.0 Å². The van der Waals surface area contributed by atoms with Crippen molar-refractivity contribution in [3.63, 3.8) is 0 Å². The van der Waals surface area contributed by atoms with E-state index in [9.17, 15) is 9.59 Å². The molecule has 0 saturated carbocycles. The molecule has 2 aromatic rings. The van der Waals surface area contributed by atoms with Gasteiger partial charge < -0.3 is 14.5 Å². The van der Waals surface area contributed by atoms with E-state index in [4.69, 9.17) is 4.74 Å². The molecule has 1 heterocycles. The Labute approximate surface area is 160 Å². The number of rotatable bonds is 4. The van der Waals surface area contributed by atoms with Gasteiger partial charge in [0.2, 0.25) is 11.8 Å². The lowest BCUT2D eigenvalue weighted by atomic mass is 9.95. The van der Waals surface area contributed by atoms with Crippen molar-refractivity contribution in [1.29, 1.82) is 0 Å². The van der Waals surface area contributed by atoms with Gasteiger partial charge in [0.15, 0.2) is 0 Å². The van der Waals surface area contributed by atoms with Crippen molar-refractivity contribution in [3.05, 3.63) is 54.1 Å². The average molecular weight is 366 g/mol. The molecule has 142 valence electrons. The van der Waals surface area contributed by atoms with Crippen molar-refractivity contribution in [2.24, 2.45) is 5.92 Å². The second-order valence-electron chi connectivity index (χ2n) is 7.05. The number of hydrogen-bond donors (Lipinski definition) is 0. The second kappa shape index (κ2) is 8.25. The van der Waals surface area contributed by atoms with E-state index in [1.807, 2.05) is 31.3 Å². The van der Waals surface area contributed by atoms with Crippen LogP contribution in [0, 0.1) is 5.92 Å². The van der Waals surface area contributed by atoms with Crippen LogP contribution >= 0.6 is 0 Å². The summed E-state index contributed by atoms with van der Waals surface area (Å²) >= 11 is 0. The molecule has 0 bridgehead atoms. The highest BCUT2D eigenvalue weighted by Gasteiger charge is 2.29. The Kier molecular flexibility index (Phi) is 5.79. The van der Waals surface area contributed by atoms with E-state index in [1.54, 1.807) is 23.8 Å². The molecule has 1 saturated heterocycles. The van der Waals surface area contributed by atoms with E-state index >= 15 is 0 Å². The van der Waals surface area contributed by atoms with E-state index in [0.717, 1.165) is 22.4 Å². The van der Waals surface area contributed by atoms with Crippen molar-refractivity contribution >= 4 is 11.8 Å². The molecular formula is C22H26N2O3. The normalized spacial score (nSPS) is 17.6. The number of benzene rings is 2. The summed E-state index contributed by atoms with van der Waals surface area (Å²) in [4.78, 5) is 28.0. The fourth-order valence-corrected chi connectivity index (χ4v) is 3.47. The van der Waals surface area contributed by atoms with Crippen LogP contribution in [0.15, 0.2) is 48.5 Å². The van der Waals surface area contributed by atoms with E-state index in [0.29, 0.717) is 26.1 Å². The monoisotopic (exact) mass is 366 g/mol. The minimum Gasteiger partial charge on any atom is -0.497 e. The Morgan fingerprint density at radius 3 is 2.19 bits per heavy atom. The maximum Gasteiger partial charge on any atom is 0.227 e. The zero-order valence-corrected chi connectivity index (χ0v) is 16.1. The van der Waals surface area contributed by atoms with Gasteiger partial charge in [-0.3, -0.25) is 9.59 Å². The zero-order valence-electron chi connectivity index (χ0n) is 16.1. The largest absolute Gasteiger partial charge is 0.497 e. The van der Waals surface area contributed by atoms with Crippen LogP contribution in [0.4, 0.5) is 0 Å². The number of amides is 2. The number of ether oxygens (including phenoxy) is 1. The summed E-state index contributed by atoms with van der Waals surface area (Å²) in [5.41, 5.74) is 3.34. The predicted octanol–water partition coefficient (Wildman–Crippen LogP) is 2.84. The van der Waals surface area contributed by atoms with Gasteiger partial charge in [-0.05, 0) is 35.2 Å². The van der Waals surface area contributed by atoms with Crippen LogP contribution in [0.5, 0.6) is 5.75 Å². The summed E-state index contributed by atoms with van der Waals surface area (Å²) in [6.45, 7) is 3.24. The van der Waals surface area contributed by atoms with Gasteiger partial charge in [-0.2, -0.15) is 0 Å². The van der Waals surface area contributed by atoms with Crippen LogP contribution in [0.2, 0.25) is 0 Å². The molecule has 2 aromatic carbocycles. The molecule has 0 aromatic heterocycles. The molecule has 2 amide bonds. The van der Waals surface area contributed by atoms with Crippen LogP contribution in [0.25, 0.3) is 11.1 Å². The minimum absolute atomic E-state index is 0.0259. The molecule has 1 aliphatic rings. The van der Waals surface area contributed by atoms with Gasteiger partial charge in [0.05, 0.1) is 13.0 Å². The molecule has 5 heteroatoms. The highest BCUT2D eigenvalue weighted by molar-refractivity contribution is 5.81. The molecule has 0 N–H and O–H groups in total. The van der Waals surface area contributed by atoms with Crippen LogP contribution in [0.1, 0.15) is 12.5 Å². The van der Waals surface area contributed by atoms with E-state index in [2.05, 4.69) is 24.3 Å². The summed E-state index contributed by atoms with van der Waals surface area (Å²) in [6, 6.07) is 16.2. The zero-order chi connectivity index (χ0) is 19.4. The first-order valence-corrected chi connectivity index (χ1v) is 9.22. The number of methoxy groups -OCH3 is 1. The van der Waals surface area contributed by atoms with E-state index < -0.39 is 0 Å². The standard InChI is InChI=1S/C22H26N2O3/c1-16(25)24-13-12-23(2)22(26)20(15-24)14-17-4-6-18(7-5-17)19-8-10-21(27-3)11-9-19/h4-11,20H,12-15H2,1-3H3. The topological polar surface area (TPSA) is 49.9 Å². The van der Waals surface area contributed by atoms with Gasteiger partial charge in [0, 0.05) is 33.6 Å². The van der Waals surface area contributed by atoms with Crippen molar-refractivity contribution in [2.75, 3.05) is 33.8 Å².